The fraction of sp³-hybridized carbons (Fsp3) is 0.136. The molecule has 0 fully saturated rings. The number of fused-ring (bicyclic) bond motifs is 8. The molecule has 1 aliphatic heterocycles. The van der Waals surface area contributed by atoms with E-state index >= 15 is 0 Å². The van der Waals surface area contributed by atoms with Crippen molar-refractivity contribution in [2.24, 2.45) is 0 Å². The molecule has 0 spiro atoms. The van der Waals surface area contributed by atoms with Gasteiger partial charge in [0.15, 0.2) is 0 Å². The van der Waals surface area contributed by atoms with Gasteiger partial charge >= 0.3 is 0 Å². The summed E-state index contributed by atoms with van der Waals surface area (Å²) in [6.45, 7) is 7.14. The highest BCUT2D eigenvalue weighted by Crippen LogP contribution is 2.55. The van der Waals surface area contributed by atoms with Crippen molar-refractivity contribution < 1.29 is 0 Å². The monoisotopic (exact) mass is 577 g/mol. The summed E-state index contributed by atoms with van der Waals surface area (Å²) in [6, 6.07) is 52.2. The summed E-state index contributed by atoms with van der Waals surface area (Å²) >= 11 is 0. The first-order chi connectivity index (χ1) is 22.0. The van der Waals surface area contributed by atoms with Gasteiger partial charge in [-0.15, -0.1) is 0 Å². The maximum atomic E-state index is 2.50. The quantitative estimate of drug-likeness (QED) is 0.202. The van der Waals surface area contributed by atoms with Crippen LogP contribution >= 0.6 is 0 Å². The van der Waals surface area contributed by atoms with Crippen molar-refractivity contribution in [1.29, 1.82) is 0 Å². The van der Waals surface area contributed by atoms with E-state index in [0.29, 0.717) is 5.92 Å². The summed E-state index contributed by atoms with van der Waals surface area (Å²) in [5, 5.41) is 5.15. The molecule has 0 amide bonds. The summed E-state index contributed by atoms with van der Waals surface area (Å²) < 4.78 is 0. The van der Waals surface area contributed by atoms with Crippen LogP contribution in [0.2, 0.25) is 0 Å². The molecule has 9 rings (SSSR count). The zero-order chi connectivity index (χ0) is 30.3. The SMILES string of the molecule is CC(c1ccc2c(c1)-c1ccccc1C2)c1ccc2c3c(ccc2c1)N(c1cccc2ccccc12)c1ccccc1C3(C)C. The van der Waals surface area contributed by atoms with Gasteiger partial charge in [0.05, 0.1) is 17.1 Å². The Morgan fingerprint density at radius 3 is 2.18 bits per heavy atom. The van der Waals surface area contributed by atoms with Crippen molar-refractivity contribution in [2.45, 2.75) is 38.5 Å². The average molecular weight is 578 g/mol. The van der Waals surface area contributed by atoms with Gasteiger partial charge in [-0.3, -0.25) is 0 Å². The van der Waals surface area contributed by atoms with E-state index in [0.717, 1.165) is 6.42 Å². The van der Waals surface area contributed by atoms with Gasteiger partial charge in [-0.2, -0.15) is 0 Å². The van der Waals surface area contributed by atoms with Crippen LogP contribution in [0.5, 0.6) is 0 Å². The highest BCUT2D eigenvalue weighted by molar-refractivity contribution is 6.04. The van der Waals surface area contributed by atoms with Crippen LogP contribution in [0.4, 0.5) is 17.1 Å². The third kappa shape index (κ3) is 3.87. The number of nitrogens with zero attached hydrogens (tertiary/aromatic N) is 1. The Bertz CT molecular complexity index is 2300. The van der Waals surface area contributed by atoms with Gasteiger partial charge in [-0.05, 0) is 85.3 Å². The first-order valence-corrected chi connectivity index (χ1v) is 16.1. The summed E-state index contributed by atoms with van der Waals surface area (Å²) in [6.07, 6.45) is 1.04. The molecular formula is C44H35N. The molecule has 1 atom stereocenters. The Hall–Kier alpha value is -5.14. The van der Waals surface area contributed by atoms with Crippen LogP contribution in [-0.4, -0.2) is 0 Å². The van der Waals surface area contributed by atoms with Crippen LogP contribution in [-0.2, 0) is 11.8 Å². The topological polar surface area (TPSA) is 3.24 Å². The lowest BCUT2D eigenvalue weighted by Gasteiger charge is -2.43. The minimum Gasteiger partial charge on any atom is -0.309 e. The van der Waals surface area contributed by atoms with E-state index in [4.69, 9.17) is 0 Å². The van der Waals surface area contributed by atoms with Crippen LogP contribution in [0, 0.1) is 0 Å². The van der Waals surface area contributed by atoms with Gasteiger partial charge in [0.25, 0.3) is 0 Å². The Labute approximate surface area is 265 Å². The molecule has 0 N–H and O–H groups in total. The molecule has 0 radical (unpaired) electrons. The van der Waals surface area contributed by atoms with Crippen molar-refractivity contribution in [3.63, 3.8) is 0 Å². The predicted octanol–water partition coefficient (Wildman–Crippen LogP) is 11.8. The second-order valence-electron chi connectivity index (χ2n) is 13.4. The normalized spacial score (nSPS) is 15.0. The van der Waals surface area contributed by atoms with Gasteiger partial charge < -0.3 is 4.90 Å². The van der Waals surface area contributed by atoms with Crippen molar-refractivity contribution in [3.05, 3.63) is 173 Å². The molecule has 216 valence electrons. The summed E-state index contributed by atoms with van der Waals surface area (Å²) in [4.78, 5) is 2.50. The van der Waals surface area contributed by atoms with E-state index in [1.165, 1.54) is 83.1 Å². The standard InChI is InChI=1S/C44H35N/c1-28(31-19-20-34-26-32-12-5-6-14-35(32)38(34)27-31)30-21-23-37-33(25-30)22-24-42-43(37)44(2,3)39-16-8-9-17-41(39)45(42)40-18-10-13-29-11-4-7-15-36(29)40/h4-25,27-28H,26H2,1-3H3. The molecule has 0 bridgehead atoms. The number of benzene rings is 7. The van der Waals surface area contributed by atoms with E-state index in [2.05, 4.69) is 165 Å². The van der Waals surface area contributed by atoms with Gasteiger partial charge in [0, 0.05) is 16.7 Å². The molecule has 45 heavy (non-hydrogen) atoms. The maximum absolute atomic E-state index is 2.50. The maximum Gasteiger partial charge on any atom is 0.0540 e. The van der Waals surface area contributed by atoms with E-state index in [1.807, 2.05) is 0 Å². The van der Waals surface area contributed by atoms with E-state index in [-0.39, 0.29) is 5.41 Å². The van der Waals surface area contributed by atoms with E-state index < -0.39 is 0 Å². The molecule has 1 aliphatic carbocycles. The summed E-state index contributed by atoms with van der Waals surface area (Å²) in [7, 11) is 0. The van der Waals surface area contributed by atoms with Crippen molar-refractivity contribution in [1.82, 2.24) is 0 Å². The summed E-state index contributed by atoms with van der Waals surface area (Å²) in [5.41, 5.74) is 14.7. The van der Waals surface area contributed by atoms with E-state index in [1.54, 1.807) is 0 Å². The number of para-hydroxylation sites is 1. The molecule has 2 aliphatic rings. The van der Waals surface area contributed by atoms with Crippen LogP contribution in [0.25, 0.3) is 32.7 Å². The Morgan fingerprint density at radius 2 is 1.24 bits per heavy atom. The highest BCUT2D eigenvalue weighted by Gasteiger charge is 2.38. The fourth-order valence-corrected chi connectivity index (χ4v) is 8.18. The van der Waals surface area contributed by atoms with Crippen LogP contribution in [0.3, 0.4) is 0 Å². The average Bonchev–Trinajstić information content (AvgIpc) is 3.45. The Balaban J connectivity index is 1.19. The second kappa shape index (κ2) is 9.68. The molecule has 0 aromatic heterocycles. The largest absolute Gasteiger partial charge is 0.309 e. The highest BCUT2D eigenvalue weighted by atomic mass is 15.2. The molecule has 1 heteroatoms. The molecular weight excluding hydrogens is 542 g/mol. The molecule has 7 aromatic rings. The first kappa shape index (κ1) is 26.3. The molecule has 1 nitrogen and oxygen atoms in total. The van der Waals surface area contributed by atoms with E-state index in [9.17, 15) is 0 Å². The minimum absolute atomic E-state index is 0.160. The van der Waals surface area contributed by atoms with Gasteiger partial charge in [-0.25, -0.2) is 0 Å². The van der Waals surface area contributed by atoms with Crippen LogP contribution < -0.4 is 4.90 Å². The van der Waals surface area contributed by atoms with Crippen molar-refractivity contribution in [2.75, 3.05) is 4.90 Å². The molecule has 0 saturated heterocycles. The smallest absolute Gasteiger partial charge is 0.0540 e. The van der Waals surface area contributed by atoms with Crippen molar-refractivity contribution in [3.8, 4) is 11.1 Å². The van der Waals surface area contributed by atoms with Gasteiger partial charge in [-0.1, -0.05) is 142 Å². The predicted molar refractivity (Wildman–Crippen MR) is 190 cm³/mol. The molecule has 1 unspecified atom stereocenters. The molecule has 0 saturated carbocycles. The lowest BCUT2D eigenvalue weighted by atomic mass is 9.71. The number of rotatable bonds is 3. The van der Waals surface area contributed by atoms with Gasteiger partial charge in [0.2, 0.25) is 0 Å². The second-order valence-corrected chi connectivity index (χ2v) is 13.4. The number of hydrogen-bond acceptors (Lipinski definition) is 1. The van der Waals surface area contributed by atoms with Crippen LogP contribution in [0.15, 0.2) is 140 Å². The number of hydrogen-bond donors (Lipinski definition) is 0. The van der Waals surface area contributed by atoms with Crippen LogP contribution in [0.1, 0.15) is 60.1 Å². The third-order valence-electron chi connectivity index (χ3n) is 10.5. The molecule has 1 heterocycles. The van der Waals surface area contributed by atoms with Gasteiger partial charge in [0.1, 0.15) is 0 Å². The first-order valence-electron chi connectivity index (χ1n) is 16.1. The zero-order valence-corrected chi connectivity index (χ0v) is 26.0. The lowest BCUT2D eigenvalue weighted by Crippen LogP contribution is -2.31. The lowest BCUT2D eigenvalue weighted by molar-refractivity contribution is 0.638. The molecule has 7 aromatic carbocycles. The third-order valence-corrected chi connectivity index (χ3v) is 10.5. The van der Waals surface area contributed by atoms with Crippen molar-refractivity contribution >= 4 is 38.6 Å². The summed E-state index contributed by atoms with van der Waals surface area (Å²) in [5.74, 6) is 0.296. The zero-order valence-electron chi connectivity index (χ0n) is 26.0. The number of anilines is 3. The Kier molecular flexibility index (Phi) is 5.65. The fourth-order valence-electron chi connectivity index (χ4n) is 8.18. The minimum atomic E-state index is -0.160. The Morgan fingerprint density at radius 1 is 0.533 bits per heavy atom.